The largest absolute Gasteiger partial charge is 0.342 e. The van der Waals surface area contributed by atoms with Gasteiger partial charge in [0.1, 0.15) is 0 Å². The van der Waals surface area contributed by atoms with E-state index >= 15 is 0 Å². The summed E-state index contributed by atoms with van der Waals surface area (Å²) in [4.78, 5) is 19.5. The van der Waals surface area contributed by atoms with Gasteiger partial charge in [0.2, 0.25) is 5.91 Å². The van der Waals surface area contributed by atoms with Crippen LogP contribution in [0.5, 0.6) is 0 Å². The van der Waals surface area contributed by atoms with Crippen LogP contribution in [0, 0.1) is 5.92 Å². The number of piperidine rings is 1. The van der Waals surface area contributed by atoms with Crippen molar-refractivity contribution in [3.8, 4) is 0 Å². The van der Waals surface area contributed by atoms with Gasteiger partial charge in [0.15, 0.2) is 0 Å². The monoisotopic (exact) mass is 430 g/mol. The van der Waals surface area contributed by atoms with Crippen molar-refractivity contribution < 1.29 is 4.79 Å². The lowest BCUT2D eigenvalue weighted by atomic mass is 9.96. The molecule has 160 valence electrons. The molecule has 0 unspecified atom stereocenters. The molecule has 7 heteroatoms. The van der Waals surface area contributed by atoms with Crippen LogP contribution in [0.1, 0.15) is 25.3 Å². The SMILES string of the molecule is CCNCC1CCN(C(=O)CN2CCN(Cc3ccccc3)CC2)CC1.Cl.Cl. The fourth-order valence-electron chi connectivity index (χ4n) is 3.97. The highest BCUT2D eigenvalue weighted by Gasteiger charge is 2.25. The molecule has 3 rings (SSSR count). The zero-order valence-corrected chi connectivity index (χ0v) is 18.6. The molecule has 1 aromatic carbocycles. The molecule has 28 heavy (non-hydrogen) atoms. The first-order chi connectivity index (χ1) is 12.7. The van der Waals surface area contributed by atoms with Crippen LogP contribution in [0.15, 0.2) is 30.3 Å². The minimum atomic E-state index is 0. The Kier molecular flexibility index (Phi) is 12.0. The third-order valence-electron chi connectivity index (χ3n) is 5.72. The van der Waals surface area contributed by atoms with Gasteiger partial charge in [-0.3, -0.25) is 14.6 Å². The van der Waals surface area contributed by atoms with Crippen molar-refractivity contribution in [1.82, 2.24) is 20.0 Å². The topological polar surface area (TPSA) is 38.8 Å². The number of nitrogens with one attached hydrogen (secondary N) is 1. The molecule has 2 aliphatic heterocycles. The molecule has 0 aliphatic carbocycles. The summed E-state index contributed by atoms with van der Waals surface area (Å²) in [5.74, 6) is 1.06. The number of halogens is 2. The van der Waals surface area contributed by atoms with Gasteiger partial charge in [-0.1, -0.05) is 37.3 Å². The number of amides is 1. The average Bonchev–Trinajstić information content (AvgIpc) is 2.69. The number of carbonyl (C=O) groups is 1. The molecular weight excluding hydrogens is 395 g/mol. The number of benzene rings is 1. The summed E-state index contributed by atoms with van der Waals surface area (Å²) in [6, 6.07) is 10.7. The van der Waals surface area contributed by atoms with Crippen molar-refractivity contribution in [2.24, 2.45) is 5.92 Å². The summed E-state index contributed by atoms with van der Waals surface area (Å²) in [6.07, 6.45) is 2.28. The Morgan fingerprint density at radius 1 is 0.964 bits per heavy atom. The Bertz CT molecular complexity index is 545. The molecule has 0 aromatic heterocycles. The molecule has 1 amide bonds. The zero-order valence-electron chi connectivity index (χ0n) is 17.0. The van der Waals surface area contributed by atoms with Gasteiger partial charge >= 0.3 is 0 Å². The predicted molar refractivity (Wildman–Crippen MR) is 121 cm³/mol. The molecule has 2 heterocycles. The van der Waals surface area contributed by atoms with E-state index in [1.165, 1.54) is 5.56 Å². The molecular formula is C21H36Cl2N4O. The number of carbonyl (C=O) groups excluding carboxylic acids is 1. The normalized spacial score (nSPS) is 19.0. The van der Waals surface area contributed by atoms with E-state index in [2.05, 4.69) is 57.3 Å². The highest BCUT2D eigenvalue weighted by atomic mass is 35.5. The lowest BCUT2D eigenvalue weighted by Crippen LogP contribution is -2.51. The smallest absolute Gasteiger partial charge is 0.236 e. The van der Waals surface area contributed by atoms with Crippen molar-refractivity contribution in [3.05, 3.63) is 35.9 Å². The lowest BCUT2D eigenvalue weighted by molar-refractivity contribution is -0.134. The van der Waals surface area contributed by atoms with E-state index in [0.29, 0.717) is 12.5 Å². The van der Waals surface area contributed by atoms with Gasteiger partial charge in [0.05, 0.1) is 6.54 Å². The third-order valence-corrected chi connectivity index (χ3v) is 5.72. The summed E-state index contributed by atoms with van der Waals surface area (Å²) in [6.45, 7) is 11.9. The molecule has 1 N–H and O–H groups in total. The van der Waals surface area contributed by atoms with Gasteiger partial charge in [0, 0.05) is 45.8 Å². The molecule has 0 saturated carbocycles. The summed E-state index contributed by atoms with van der Waals surface area (Å²) < 4.78 is 0. The van der Waals surface area contributed by atoms with E-state index in [1.54, 1.807) is 0 Å². The van der Waals surface area contributed by atoms with E-state index in [1.807, 2.05) is 0 Å². The van der Waals surface area contributed by atoms with Crippen LogP contribution < -0.4 is 5.32 Å². The van der Waals surface area contributed by atoms with E-state index in [0.717, 1.165) is 77.7 Å². The predicted octanol–water partition coefficient (Wildman–Crippen LogP) is 2.50. The lowest BCUT2D eigenvalue weighted by Gasteiger charge is -2.37. The number of hydrogen-bond acceptors (Lipinski definition) is 4. The van der Waals surface area contributed by atoms with Crippen molar-refractivity contribution in [2.45, 2.75) is 26.3 Å². The minimum absolute atomic E-state index is 0. The second kappa shape index (κ2) is 13.4. The Hall–Kier alpha value is -0.850. The minimum Gasteiger partial charge on any atom is -0.342 e. The van der Waals surface area contributed by atoms with Gasteiger partial charge in [-0.2, -0.15) is 0 Å². The van der Waals surface area contributed by atoms with E-state index in [9.17, 15) is 4.79 Å². The average molecular weight is 431 g/mol. The van der Waals surface area contributed by atoms with Crippen molar-refractivity contribution in [2.75, 3.05) is 58.9 Å². The zero-order chi connectivity index (χ0) is 18.2. The maximum atomic E-state index is 12.6. The second-order valence-corrected chi connectivity index (χ2v) is 7.67. The molecule has 5 nitrogen and oxygen atoms in total. The van der Waals surface area contributed by atoms with Crippen LogP contribution in [-0.2, 0) is 11.3 Å². The molecule has 2 saturated heterocycles. The summed E-state index contributed by atoms with van der Waals surface area (Å²) in [5.41, 5.74) is 1.37. The third kappa shape index (κ3) is 7.88. The van der Waals surface area contributed by atoms with Gasteiger partial charge in [0.25, 0.3) is 0 Å². The van der Waals surface area contributed by atoms with E-state index < -0.39 is 0 Å². The Morgan fingerprint density at radius 2 is 1.57 bits per heavy atom. The van der Waals surface area contributed by atoms with Gasteiger partial charge in [-0.05, 0) is 37.4 Å². The fraction of sp³-hybridized carbons (Fsp3) is 0.667. The van der Waals surface area contributed by atoms with Crippen LogP contribution in [-0.4, -0.2) is 79.5 Å². The number of piperazine rings is 1. The number of nitrogens with zero attached hydrogens (tertiary/aromatic N) is 3. The Morgan fingerprint density at radius 3 is 2.18 bits per heavy atom. The standard InChI is InChI=1S/C21H34N4O.2ClH/c1-2-22-16-19-8-10-25(11-9-19)21(26)18-24-14-12-23(13-15-24)17-20-6-4-3-5-7-20;;/h3-7,19,22H,2,8-18H2,1H3;2*1H. The first-order valence-electron chi connectivity index (χ1n) is 10.2. The molecule has 0 spiro atoms. The molecule has 0 bridgehead atoms. The van der Waals surface area contributed by atoms with Crippen molar-refractivity contribution >= 4 is 30.7 Å². The first kappa shape index (κ1) is 25.2. The molecule has 0 radical (unpaired) electrons. The Balaban J connectivity index is 0.00000196. The van der Waals surface area contributed by atoms with Crippen molar-refractivity contribution in [3.63, 3.8) is 0 Å². The molecule has 2 fully saturated rings. The summed E-state index contributed by atoms with van der Waals surface area (Å²) in [5, 5.41) is 3.43. The highest BCUT2D eigenvalue weighted by Crippen LogP contribution is 2.17. The van der Waals surface area contributed by atoms with Gasteiger partial charge < -0.3 is 10.2 Å². The number of rotatable bonds is 7. The summed E-state index contributed by atoms with van der Waals surface area (Å²) >= 11 is 0. The van der Waals surface area contributed by atoms with Gasteiger partial charge in [-0.15, -0.1) is 24.8 Å². The van der Waals surface area contributed by atoms with E-state index in [-0.39, 0.29) is 24.8 Å². The van der Waals surface area contributed by atoms with Crippen LogP contribution in [0.3, 0.4) is 0 Å². The summed E-state index contributed by atoms with van der Waals surface area (Å²) in [7, 11) is 0. The highest BCUT2D eigenvalue weighted by molar-refractivity contribution is 5.85. The molecule has 0 atom stereocenters. The molecule has 2 aliphatic rings. The maximum Gasteiger partial charge on any atom is 0.236 e. The van der Waals surface area contributed by atoms with Crippen LogP contribution >= 0.6 is 24.8 Å². The van der Waals surface area contributed by atoms with Crippen LogP contribution in [0.4, 0.5) is 0 Å². The number of hydrogen-bond donors (Lipinski definition) is 1. The maximum absolute atomic E-state index is 12.6. The van der Waals surface area contributed by atoms with Crippen LogP contribution in [0.2, 0.25) is 0 Å². The second-order valence-electron chi connectivity index (χ2n) is 7.67. The number of likely N-dealkylation sites (tertiary alicyclic amines) is 1. The fourth-order valence-corrected chi connectivity index (χ4v) is 3.97. The van der Waals surface area contributed by atoms with Gasteiger partial charge in [-0.25, -0.2) is 0 Å². The van der Waals surface area contributed by atoms with Crippen LogP contribution in [0.25, 0.3) is 0 Å². The van der Waals surface area contributed by atoms with Crippen molar-refractivity contribution in [1.29, 1.82) is 0 Å². The molecule has 1 aromatic rings. The van der Waals surface area contributed by atoms with E-state index in [4.69, 9.17) is 0 Å². The Labute approximate surface area is 182 Å². The first-order valence-corrected chi connectivity index (χ1v) is 10.2. The quantitative estimate of drug-likeness (QED) is 0.720.